The maximum absolute atomic E-state index is 9.80. The average molecular weight is 214 g/mol. The molecule has 1 aliphatic rings. The fourth-order valence-electron chi connectivity index (χ4n) is 1.72. The van der Waals surface area contributed by atoms with Crippen molar-refractivity contribution >= 4 is 5.82 Å². The van der Waals surface area contributed by atoms with Gasteiger partial charge in [0, 0.05) is 6.20 Å². The Labute approximate surface area is 93.2 Å². The number of aromatic nitrogens is 1. The Bertz CT molecular complexity index is 462. The molecular formula is C11H10N4O. The molecule has 80 valence electrons. The monoisotopic (exact) mass is 214 g/mol. The van der Waals surface area contributed by atoms with Gasteiger partial charge in [-0.1, -0.05) is 0 Å². The maximum Gasteiger partial charge on any atom is 0.128 e. The number of nitriles is 2. The normalized spacial score (nSPS) is 17.1. The van der Waals surface area contributed by atoms with Gasteiger partial charge in [-0.05, 0) is 12.1 Å². The number of hydrogen-bond donors (Lipinski definition) is 1. The highest BCUT2D eigenvalue weighted by molar-refractivity contribution is 5.46. The second-order valence-corrected chi connectivity index (χ2v) is 3.93. The summed E-state index contributed by atoms with van der Waals surface area (Å²) in [5.41, 5.74) is -0.388. The Kier molecular flexibility index (Phi) is 2.47. The molecule has 16 heavy (non-hydrogen) atoms. The maximum atomic E-state index is 9.80. The Morgan fingerprint density at radius 1 is 1.44 bits per heavy atom. The summed E-state index contributed by atoms with van der Waals surface area (Å²) in [6, 6.07) is 7.38. The van der Waals surface area contributed by atoms with Crippen LogP contribution in [0.4, 0.5) is 5.82 Å². The molecule has 0 bridgehead atoms. The van der Waals surface area contributed by atoms with Crippen LogP contribution in [0, 0.1) is 22.7 Å². The van der Waals surface area contributed by atoms with Crippen LogP contribution in [0.1, 0.15) is 12.0 Å². The molecule has 5 heteroatoms. The molecule has 5 nitrogen and oxygen atoms in total. The van der Waals surface area contributed by atoms with Crippen LogP contribution >= 0.6 is 0 Å². The minimum absolute atomic E-state index is 0.139. The zero-order chi connectivity index (χ0) is 11.6. The molecule has 2 rings (SSSR count). The number of β-amino-alcohol motifs (C(OH)–C–C–N with tert-alkyl or cyclic N) is 1. The Morgan fingerprint density at radius 2 is 2.19 bits per heavy atom. The summed E-state index contributed by atoms with van der Waals surface area (Å²) in [7, 11) is 0. The van der Waals surface area contributed by atoms with Crippen molar-refractivity contribution in [2.24, 2.45) is 0 Å². The second-order valence-electron chi connectivity index (χ2n) is 3.93. The van der Waals surface area contributed by atoms with Crippen molar-refractivity contribution in [3.8, 4) is 12.1 Å². The van der Waals surface area contributed by atoms with Crippen molar-refractivity contribution in [1.82, 2.24) is 4.98 Å². The largest absolute Gasteiger partial charge is 0.385 e. The van der Waals surface area contributed by atoms with Crippen LogP contribution in [-0.2, 0) is 0 Å². The van der Waals surface area contributed by atoms with Gasteiger partial charge in [-0.2, -0.15) is 10.5 Å². The van der Waals surface area contributed by atoms with E-state index in [0.717, 1.165) is 5.82 Å². The van der Waals surface area contributed by atoms with Crippen molar-refractivity contribution in [2.75, 3.05) is 18.0 Å². The van der Waals surface area contributed by atoms with E-state index < -0.39 is 5.60 Å². The van der Waals surface area contributed by atoms with Crippen molar-refractivity contribution in [3.05, 3.63) is 23.9 Å². The highest BCUT2D eigenvalue weighted by Gasteiger charge is 2.41. The molecule has 1 saturated heterocycles. The molecular weight excluding hydrogens is 204 g/mol. The lowest BCUT2D eigenvalue weighted by molar-refractivity contribution is 0.0162. The summed E-state index contributed by atoms with van der Waals surface area (Å²) in [6.45, 7) is 0.832. The number of anilines is 1. The first-order valence-electron chi connectivity index (χ1n) is 4.87. The van der Waals surface area contributed by atoms with E-state index in [4.69, 9.17) is 10.5 Å². The SMILES string of the molecule is N#CCC1(O)CN(c2ccc(C#N)cn2)C1. The number of hydrogen-bond acceptors (Lipinski definition) is 5. The van der Waals surface area contributed by atoms with Crippen molar-refractivity contribution in [2.45, 2.75) is 12.0 Å². The molecule has 1 fully saturated rings. The van der Waals surface area contributed by atoms with Crippen LogP contribution < -0.4 is 4.90 Å². The zero-order valence-corrected chi connectivity index (χ0v) is 8.59. The molecule has 0 spiro atoms. The van der Waals surface area contributed by atoms with Crippen molar-refractivity contribution in [1.29, 1.82) is 10.5 Å². The standard InChI is InChI=1S/C11H10N4O/c12-4-3-11(16)7-15(8-11)10-2-1-9(5-13)6-14-10/h1-2,6,16H,3,7-8H2. The third-order valence-electron chi connectivity index (χ3n) is 2.58. The molecule has 0 aliphatic carbocycles. The van der Waals surface area contributed by atoms with Crippen LogP contribution in [-0.4, -0.2) is 28.8 Å². The predicted octanol–water partition coefficient (Wildman–Crippen LogP) is 0.418. The average Bonchev–Trinajstić information content (AvgIpc) is 2.26. The molecule has 0 aromatic carbocycles. The Balaban J connectivity index is 2.02. The van der Waals surface area contributed by atoms with Gasteiger partial charge >= 0.3 is 0 Å². The van der Waals surface area contributed by atoms with Gasteiger partial charge in [0.15, 0.2) is 0 Å². The first kappa shape index (κ1) is 10.4. The molecule has 0 atom stereocenters. The van der Waals surface area contributed by atoms with Crippen LogP contribution in [0.3, 0.4) is 0 Å². The first-order chi connectivity index (χ1) is 7.67. The van der Waals surface area contributed by atoms with E-state index in [1.807, 2.05) is 17.0 Å². The summed E-state index contributed by atoms with van der Waals surface area (Å²) in [5.74, 6) is 0.724. The number of pyridine rings is 1. The van der Waals surface area contributed by atoms with Crippen LogP contribution in [0.5, 0.6) is 0 Å². The van der Waals surface area contributed by atoms with Gasteiger partial charge in [-0.15, -0.1) is 0 Å². The Morgan fingerprint density at radius 3 is 2.69 bits per heavy atom. The molecule has 0 saturated carbocycles. The van der Waals surface area contributed by atoms with E-state index in [0.29, 0.717) is 18.7 Å². The quantitative estimate of drug-likeness (QED) is 0.771. The van der Waals surface area contributed by atoms with Gasteiger partial charge in [0.25, 0.3) is 0 Å². The fraction of sp³-hybridized carbons (Fsp3) is 0.364. The van der Waals surface area contributed by atoms with E-state index in [-0.39, 0.29) is 6.42 Å². The number of aliphatic hydroxyl groups is 1. The van der Waals surface area contributed by atoms with Gasteiger partial charge in [0.05, 0.1) is 31.1 Å². The minimum Gasteiger partial charge on any atom is -0.385 e. The second kappa shape index (κ2) is 3.80. The lowest BCUT2D eigenvalue weighted by Crippen LogP contribution is -2.62. The molecule has 1 aromatic rings. The van der Waals surface area contributed by atoms with Gasteiger partial charge in [-0.3, -0.25) is 0 Å². The van der Waals surface area contributed by atoms with Crippen LogP contribution in [0.15, 0.2) is 18.3 Å². The van der Waals surface area contributed by atoms with Gasteiger partial charge in [-0.25, -0.2) is 4.98 Å². The predicted molar refractivity (Wildman–Crippen MR) is 56.3 cm³/mol. The number of rotatable bonds is 2. The lowest BCUT2D eigenvalue weighted by Gasteiger charge is -2.45. The fourth-order valence-corrected chi connectivity index (χ4v) is 1.72. The first-order valence-corrected chi connectivity index (χ1v) is 4.87. The topological polar surface area (TPSA) is 83.9 Å². The van der Waals surface area contributed by atoms with Gasteiger partial charge in [0.1, 0.15) is 17.5 Å². The van der Waals surface area contributed by atoms with E-state index in [1.54, 1.807) is 12.1 Å². The third kappa shape index (κ3) is 1.81. The minimum atomic E-state index is -0.898. The van der Waals surface area contributed by atoms with E-state index in [9.17, 15) is 5.11 Å². The molecule has 1 aliphatic heterocycles. The lowest BCUT2D eigenvalue weighted by atomic mass is 9.91. The van der Waals surface area contributed by atoms with Gasteiger partial charge < -0.3 is 10.0 Å². The molecule has 1 N–H and O–H groups in total. The van der Waals surface area contributed by atoms with Crippen molar-refractivity contribution in [3.63, 3.8) is 0 Å². The summed E-state index contributed by atoms with van der Waals surface area (Å²) in [6.07, 6.45) is 1.64. The highest BCUT2D eigenvalue weighted by atomic mass is 16.3. The van der Waals surface area contributed by atoms with Crippen LogP contribution in [0.25, 0.3) is 0 Å². The smallest absolute Gasteiger partial charge is 0.128 e. The van der Waals surface area contributed by atoms with Crippen LogP contribution in [0.2, 0.25) is 0 Å². The summed E-state index contributed by atoms with van der Waals surface area (Å²) < 4.78 is 0. The summed E-state index contributed by atoms with van der Waals surface area (Å²) >= 11 is 0. The number of nitrogens with zero attached hydrogens (tertiary/aromatic N) is 4. The highest BCUT2D eigenvalue weighted by Crippen LogP contribution is 2.28. The molecule has 0 amide bonds. The summed E-state index contributed by atoms with van der Waals surface area (Å²) in [5, 5.41) is 26.9. The molecule has 0 radical (unpaired) electrons. The molecule has 2 heterocycles. The third-order valence-corrected chi connectivity index (χ3v) is 2.58. The van der Waals surface area contributed by atoms with E-state index in [2.05, 4.69) is 4.98 Å². The van der Waals surface area contributed by atoms with Gasteiger partial charge in [0.2, 0.25) is 0 Å². The zero-order valence-electron chi connectivity index (χ0n) is 8.59. The molecule has 0 unspecified atom stereocenters. The Hall–Kier alpha value is -2.11. The van der Waals surface area contributed by atoms with Crippen molar-refractivity contribution < 1.29 is 5.11 Å². The van der Waals surface area contributed by atoms with E-state index in [1.165, 1.54) is 6.20 Å². The molecule has 1 aromatic heterocycles. The van der Waals surface area contributed by atoms with E-state index >= 15 is 0 Å². The summed E-state index contributed by atoms with van der Waals surface area (Å²) in [4.78, 5) is 5.98.